The van der Waals surface area contributed by atoms with E-state index in [1.807, 2.05) is 6.92 Å². The number of aryl methyl sites for hydroxylation is 2. The van der Waals surface area contributed by atoms with Crippen LogP contribution < -0.4 is 0 Å². The van der Waals surface area contributed by atoms with Gasteiger partial charge >= 0.3 is 5.97 Å². The van der Waals surface area contributed by atoms with Crippen LogP contribution >= 0.6 is 0 Å². The van der Waals surface area contributed by atoms with E-state index in [4.69, 9.17) is 4.74 Å². The summed E-state index contributed by atoms with van der Waals surface area (Å²) in [5.41, 5.74) is 2.49. The Morgan fingerprint density at radius 2 is 2.16 bits per heavy atom. The van der Waals surface area contributed by atoms with Crippen LogP contribution in [0.3, 0.4) is 0 Å². The summed E-state index contributed by atoms with van der Waals surface area (Å²) in [5, 5.41) is 0. The molecule has 2 rings (SSSR count). The molecule has 0 atom stereocenters. The highest BCUT2D eigenvalue weighted by Gasteiger charge is 2.25. The predicted molar refractivity (Wildman–Crippen MR) is 70.8 cm³/mol. The zero-order valence-corrected chi connectivity index (χ0v) is 11.9. The van der Waals surface area contributed by atoms with Crippen LogP contribution in [0.1, 0.15) is 41.2 Å². The molecule has 0 unspecified atom stereocenters. The maximum atomic E-state index is 11.9. The smallest absolute Gasteiger partial charge is 0.339 e. The molecule has 1 aromatic heterocycles. The molecule has 0 bridgehead atoms. The number of hydrogen-bond acceptors (Lipinski definition) is 5. The molecule has 5 nitrogen and oxygen atoms in total. The fourth-order valence-corrected chi connectivity index (χ4v) is 3.57. The first-order valence-electron chi connectivity index (χ1n) is 6.36. The number of aromatic nitrogens is 1. The van der Waals surface area contributed by atoms with Crippen molar-refractivity contribution in [3.63, 3.8) is 0 Å². The summed E-state index contributed by atoms with van der Waals surface area (Å²) in [4.78, 5) is 16.3. The number of nitrogens with zero attached hydrogens (tertiary/aromatic N) is 1. The number of pyridine rings is 1. The molecule has 6 heteroatoms. The van der Waals surface area contributed by atoms with E-state index in [2.05, 4.69) is 4.98 Å². The lowest BCUT2D eigenvalue weighted by molar-refractivity contribution is 0.0524. The van der Waals surface area contributed by atoms with Gasteiger partial charge in [-0.05, 0) is 25.0 Å². The molecular weight excluding hydrogens is 266 g/mol. The van der Waals surface area contributed by atoms with Crippen LogP contribution in [0.2, 0.25) is 0 Å². The molecule has 0 N–H and O–H groups in total. The van der Waals surface area contributed by atoms with Gasteiger partial charge in [-0.25, -0.2) is 13.2 Å². The van der Waals surface area contributed by atoms with E-state index in [9.17, 15) is 13.2 Å². The van der Waals surface area contributed by atoms with Gasteiger partial charge in [0.1, 0.15) is 0 Å². The van der Waals surface area contributed by atoms with Crippen molar-refractivity contribution < 1.29 is 17.9 Å². The third kappa shape index (κ3) is 2.94. The van der Waals surface area contributed by atoms with Crippen molar-refractivity contribution in [2.45, 2.75) is 32.4 Å². The molecule has 0 aliphatic carbocycles. The first-order valence-corrected chi connectivity index (χ1v) is 8.18. The Morgan fingerprint density at radius 1 is 1.42 bits per heavy atom. The van der Waals surface area contributed by atoms with E-state index in [1.165, 1.54) is 0 Å². The van der Waals surface area contributed by atoms with E-state index in [0.717, 1.165) is 5.69 Å². The van der Waals surface area contributed by atoms with Gasteiger partial charge in [0.15, 0.2) is 9.84 Å². The fraction of sp³-hybridized carbons (Fsp3) is 0.538. The molecule has 1 aromatic rings. The summed E-state index contributed by atoms with van der Waals surface area (Å²) >= 11 is 0. The SMILES string of the molecule is CCOC(=O)c1cc2c(nc1CC)CCS(=O)(=O)C2. The lowest BCUT2D eigenvalue weighted by Gasteiger charge is -2.18. The van der Waals surface area contributed by atoms with Crippen LogP contribution in [0, 0.1) is 0 Å². The number of carbonyl (C=O) groups is 1. The summed E-state index contributed by atoms with van der Waals surface area (Å²) < 4.78 is 28.2. The minimum Gasteiger partial charge on any atom is -0.462 e. The van der Waals surface area contributed by atoms with Gasteiger partial charge < -0.3 is 4.74 Å². The van der Waals surface area contributed by atoms with Gasteiger partial charge in [0.2, 0.25) is 0 Å². The van der Waals surface area contributed by atoms with Crippen LogP contribution in [0.4, 0.5) is 0 Å². The molecule has 104 valence electrons. The van der Waals surface area contributed by atoms with E-state index >= 15 is 0 Å². The molecule has 0 saturated carbocycles. The Kier molecular flexibility index (Phi) is 3.89. The van der Waals surface area contributed by atoms with Gasteiger partial charge in [-0.15, -0.1) is 0 Å². The summed E-state index contributed by atoms with van der Waals surface area (Å²) in [5.74, 6) is -0.335. The van der Waals surface area contributed by atoms with Crippen molar-refractivity contribution in [1.82, 2.24) is 4.98 Å². The highest BCUT2D eigenvalue weighted by atomic mass is 32.2. The van der Waals surface area contributed by atoms with Crippen LogP contribution in [0.25, 0.3) is 0 Å². The molecule has 19 heavy (non-hydrogen) atoms. The molecule has 0 spiro atoms. The first-order chi connectivity index (χ1) is 8.96. The Morgan fingerprint density at radius 3 is 2.79 bits per heavy atom. The van der Waals surface area contributed by atoms with E-state index < -0.39 is 15.8 Å². The summed E-state index contributed by atoms with van der Waals surface area (Å²) in [7, 11) is -3.06. The minimum absolute atomic E-state index is 0.0360. The summed E-state index contributed by atoms with van der Waals surface area (Å²) in [6.07, 6.45) is 1.04. The Labute approximate surface area is 112 Å². The number of esters is 1. The molecule has 2 heterocycles. The number of ether oxygens (including phenoxy) is 1. The Bertz CT molecular complexity index is 607. The molecule has 0 radical (unpaired) electrons. The zero-order valence-electron chi connectivity index (χ0n) is 11.1. The van der Waals surface area contributed by atoms with Crippen molar-refractivity contribution in [3.8, 4) is 0 Å². The first kappa shape index (κ1) is 14.0. The second kappa shape index (κ2) is 5.28. The number of hydrogen-bond donors (Lipinski definition) is 0. The van der Waals surface area contributed by atoms with E-state index in [-0.39, 0.29) is 18.1 Å². The van der Waals surface area contributed by atoms with Gasteiger partial charge in [-0.2, -0.15) is 0 Å². The number of sulfone groups is 1. The molecule has 0 fully saturated rings. The van der Waals surface area contributed by atoms with Crippen LogP contribution in [-0.4, -0.2) is 31.7 Å². The summed E-state index contributed by atoms with van der Waals surface area (Å²) in [6.45, 7) is 3.94. The maximum absolute atomic E-state index is 11.9. The third-order valence-electron chi connectivity index (χ3n) is 3.13. The number of rotatable bonds is 3. The molecule has 1 aliphatic rings. The molecule has 1 aliphatic heterocycles. The van der Waals surface area contributed by atoms with Crippen molar-refractivity contribution >= 4 is 15.8 Å². The number of fused-ring (bicyclic) bond motifs is 1. The van der Waals surface area contributed by atoms with Crippen molar-refractivity contribution in [2.24, 2.45) is 0 Å². The highest BCUT2D eigenvalue weighted by molar-refractivity contribution is 7.90. The van der Waals surface area contributed by atoms with Gasteiger partial charge in [0, 0.05) is 12.1 Å². The quantitative estimate of drug-likeness (QED) is 0.782. The van der Waals surface area contributed by atoms with Crippen molar-refractivity contribution in [2.75, 3.05) is 12.4 Å². The molecule has 0 amide bonds. The minimum atomic E-state index is -3.06. The second-order valence-electron chi connectivity index (χ2n) is 4.50. The molecule has 0 aromatic carbocycles. The molecular formula is C13H17NO4S. The van der Waals surface area contributed by atoms with Gasteiger partial charge in [-0.1, -0.05) is 6.92 Å². The van der Waals surface area contributed by atoms with Crippen molar-refractivity contribution in [1.29, 1.82) is 0 Å². The topological polar surface area (TPSA) is 73.3 Å². The van der Waals surface area contributed by atoms with Gasteiger partial charge in [0.05, 0.1) is 29.4 Å². The van der Waals surface area contributed by atoms with Crippen molar-refractivity contribution in [3.05, 3.63) is 28.6 Å². The third-order valence-corrected chi connectivity index (χ3v) is 4.70. The monoisotopic (exact) mass is 283 g/mol. The maximum Gasteiger partial charge on any atom is 0.339 e. The van der Waals surface area contributed by atoms with E-state index in [0.29, 0.717) is 29.7 Å². The van der Waals surface area contributed by atoms with Crippen LogP contribution in [0.15, 0.2) is 6.07 Å². The number of carbonyl (C=O) groups excluding carboxylic acids is 1. The fourth-order valence-electron chi connectivity index (χ4n) is 2.19. The van der Waals surface area contributed by atoms with Crippen LogP contribution in [0.5, 0.6) is 0 Å². The average molecular weight is 283 g/mol. The average Bonchev–Trinajstić information content (AvgIpc) is 2.36. The highest BCUT2D eigenvalue weighted by Crippen LogP contribution is 2.23. The predicted octanol–water partition coefficient (Wildman–Crippen LogP) is 1.29. The zero-order chi connectivity index (χ0) is 14.0. The lowest BCUT2D eigenvalue weighted by Crippen LogP contribution is -2.22. The van der Waals surface area contributed by atoms with Gasteiger partial charge in [0.25, 0.3) is 0 Å². The lowest BCUT2D eigenvalue weighted by atomic mass is 10.1. The second-order valence-corrected chi connectivity index (χ2v) is 6.69. The Hall–Kier alpha value is -1.43. The van der Waals surface area contributed by atoms with Crippen LogP contribution in [-0.2, 0) is 33.2 Å². The Balaban J connectivity index is 2.47. The summed E-state index contributed by atoms with van der Waals surface area (Å²) in [6, 6.07) is 1.63. The van der Waals surface area contributed by atoms with Gasteiger partial charge in [-0.3, -0.25) is 4.98 Å². The normalized spacial score (nSPS) is 16.7. The van der Waals surface area contributed by atoms with E-state index in [1.54, 1.807) is 13.0 Å². The largest absolute Gasteiger partial charge is 0.462 e. The molecule has 0 saturated heterocycles. The standard InChI is InChI=1S/C13H17NO4S/c1-3-11-10(13(15)18-4-2)7-9-8-19(16,17)6-5-12(9)14-11/h7H,3-6,8H2,1-2H3.